The van der Waals surface area contributed by atoms with Crippen molar-refractivity contribution in [2.24, 2.45) is 0 Å². The Kier molecular flexibility index (Phi) is 1.87. The molecule has 13 heavy (non-hydrogen) atoms. The molecule has 2 N–H and O–H groups in total. The van der Waals surface area contributed by atoms with Crippen molar-refractivity contribution in [1.82, 2.24) is 5.32 Å². The SMILES string of the molecule is O=S(=O)(c1ccccc1)C1NC1O. The Morgan fingerprint density at radius 2 is 1.77 bits per heavy atom. The van der Waals surface area contributed by atoms with Gasteiger partial charge in [0.25, 0.3) is 0 Å². The van der Waals surface area contributed by atoms with Crippen LogP contribution in [0.25, 0.3) is 0 Å². The smallest absolute Gasteiger partial charge is 0.198 e. The summed E-state index contributed by atoms with van der Waals surface area (Å²) in [5.41, 5.74) is 0. The van der Waals surface area contributed by atoms with Gasteiger partial charge in [0.05, 0.1) is 4.90 Å². The van der Waals surface area contributed by atoms with E-state index in [-0.39, 0.29) is 4.90 Å². The second-order valence-corrected chi connectivity index (χ2v) is 4.96. The van der Waals surface area contributed by atoms with Gasteiger partial charge < -0.3 is 5.11 Å². The van der Waals surface area contributed by atoms with Crippen molar-refractivity contribution in [3.8, 4) is 0 Å². The number of aliphatic hydroxyl groups is 1. The Labute approximate surface area is 76.1 Å². The van der Waals surface area contributed by atoms with Crippen molar-refractivity contribution in [1.29, 1.82) is 0 Å². The zero-order valence-corrected chi connectivity index (χ0v) is 7.53. The number of hydrogen-bond donors (Lipinski definition) is 2. The van der Waals surface area contributed by atoms with Gasteiger partial charge in [0.2, 0.25) is 0 Å². The number of benzene rings is 1. The summed E-state index contributed by atoms with van der Waals surface area (Å²) in [5, 5.41) is 10.5. The lowest BCUT2D eigenvalue weighted by Gasteiger charge is -1.99. The van der Waals surface area contributed by atoms with Gasteiger partial charge in [0, 0.05) is 0 Å². The van der Waals surface area contributed by atoms with Gasteiger partial charge >= 0.3 is 0 Å². The molecule has 4 nitrogen and oxygen atoms in total. The highest BCUT2D eigenvalue weighted by molar-refractivity contribution is 7.92. The highest BCUT2D eigenvalue weighted by atomic mass is 32.2. The molecule has 70 valence electrons. The second kappa shape index (κ2) is 2.80. The van der Waals surface area contributed by atoms with Crippen molar-refractivity contribution in [2.45, 2.75) is 16.5 Å². The third-order valence-electron chi connectivity index (χ3n) is 1.92. The Balaban J connectivity index is 2.36. The molecule has 1 saturated heterocycles. The lowest BCUT2D eigenvalue weighted by atomic mass is 10.4. The molecule has 1 aromatic rings. The van der Waals surface area contributed by atoms with Crippen LogP contribution in [-0.2, 0) is 9.84 Å². The van der Waals surface area contributed by atoms with Crippen LogP contribution in [-0.4, -0.2) is 25.1 Å². The molecule has 1 aromatic carbocycles. The molecule has 0 aromatic heterocycles. The van der Waals surface area contributed by atoms with Crippen LogP contribution in [0.3, 0.4) is 0 Å². The molecule has 5 heteroatoms. The molecule has 2 unspecified atom stereocenters. The van der Waals surface area contributed by atoms with Crippen LogP contribution < -0.4 is 5.32 Å². The Morgan fingerprint density at radius 1 is 1.23 bits per heavy atom. The predicted molar refractivity (Wildman–Crippen MR) is 46.6 cm³/mol. The molecular weight excluding hydrogens is 190 g/mol. The zero-order chi connectivity index (χ0) is 9.47. The molecule has 1 aliphatic heterocycles. The fourth-order valence-electron chi connectivity index (χ4n) is 1.13. The van der Waals surface area contributed by atoms with Gasteiger partial charge in [-0.2, -0.15) is 0 Å². The minimum atomic E-state index is -3.38. The first-order valence-electron chi connectivity index (χ1n) is 3.85. The minimum Gasteiger partial charge on any atom is -0.376 e. The van der Waals surface area contributed by atoms with E-state index in [1.165, 1.54) is 12.1 Å². The van der Waals surface area contributed by atoms with Crippen LogP contribution in [0.4, 0.5) is 0 Å². The van der Waals surface area contributed by atoms with Crippen molar-refractivity contribution < 1.29 is 13.5 Å². The van der Waals surface area contributed by atoms with Gasteiger partial charge in [0.1, 0.15) is 6.23 Å². The van der Waals surface area contributed by atoms with Gasteiger partial charge in [-0.25, -0.2) is 8.42 Å². The van der Waals surface area contributed by atoms with E-state index < -0.39 is 21.4 Å². The van der Waals surface area contributed by atoms with E-state index in [9.17, 15) is 8.42 Å². The monoisotopic (exact) mass is 199 g/mol. The van der Waals surface area contributed by atoms with Crippen LogP contribution in [0.15, 0.2) is 35.2 Å². The van der Waals surface area contributed by atoms with Crippen molar-refractivity contribution >= 4 is 9.84 Å². The topological polar surface area (TPSA) is 76.3 Å². The van der Waals surface area contributed by atoms with Crippen molar-refractivity contribution in [2.75, 3.05) is 0 Å². The molecule has 0 spiro atoms. The van der Waals surface area contributed by atoms with E-state index in [0.717, 1.165) is 0 Å². The summed E-state index contributed by atoms with van der Waals surface area (Å²) in [4.78, 5) is 0.240. The van der Waals surface area contributed by atoms with Gasteiger partial charge in [-0.3, -0.25) is 5.32 Å². The standard InChI is InChI=1S/C8H9NO3S/c10-7-8(9-7)13(11,12)6-4-2-1-3-5-6/h1-5,7-10H. The summed E-state index contributed by atoms with van der Waals surface area (Å²) >= 11 is 0. The van der Waals surface area contributed by atoms with Crippen LogP contribution in [0.5, 0.6) is 0 Å². The Hall–Kier alpha value is -0.910. The first-order valence-corrected chi connectivity index (χ1v) is 5.40. The second-order valence-electron chi connectivity index (χ2n) is 2.89. The maximum absolute atomic E-state index is 11.6. The van der Waals surface area contributed by atoms with E-state index in [2.05, 4.69) is 5.32 Å². The summed E-state index contributed by atoms with van der Waals surface area (Å²) < 4.78 is 23.2. The Morgan fingerprint density at radius 3 is 2.23 bits per heavy atom. The van der Waals surface area contributed by atoms with E-state index in [1.807, 2.05) is 0 Å². The molecule has 0 radical (unpaired) electrons. The average Bonchev–Trinajstić information content (AvgIpc) is 2.85. The summed E-state index contributed by atoms with van der Waals surface area (Å²) in [6, 6.07) is 8.09. The van der Waals surface area contributed by atoms with E-state index >= 15 is 0 Å². The average molecular weight is 199 g/mol. The summed E-state index contributed by atoms with van der Waals surface area (Å²) in [5.74, 6) is 0. The first-order chi connectivity index (χ1) is 6.12. The number of nitrogens with one attached hydrogen (secondary N) is 1. The normalized spacial score (nSPS) is 27.2. The summed E-state index contributed by atoms with van der Waals surface area (Å²) in [6.07, 6.45) is -0.912. The maximum atomic E-state index is 11.6. The van der Waals surface area contributed by atoms with Crippen molar-refractivity contribution in [3.05, 3.63) is 30.3 Å². The third-order valence-corrected chi connectivity index (χ3v) is 3.91. The quantitative estimate of drug-likeness (QED) is 0.642. The van der Waals surface area contributed by atoms with Gasteiger partial charge in [0.15, 0.2) is 15.2 Å². The molecule has 0 aliphatic carbocycles. The Bertz CT molecular complexity index is 401. The molecule has 2 atom stereocenters. The lowest BCUT2D eigenvalue weighted by Crippen LogP contribution is -2.12. The largest absolute Gasteiger partial charge is 0.376 e. The minimum absolute atomic E-state index is 0.240. The van der Waals surface area contributed by atoms with Crippen LogP contribution in [0, 0.1) is 0 Å². The van der Waals surface area contributed by atoms with Gasteiger partial charge in [-0.1, -0.05) is 18.2 Å². The van der Waals surface area contributed by atoms with E-state index in [0.29, 0.717) is 0 Å². The fraction of sp³-hybridized carbons (Fsp3) is 0.250. The summed E-state index contributed by atoms with van der Waals surface area (Å²) in [6.45, 7) is 0. The number of aliphatic hydroxyl groups excluding tert-OH is 1. The number of rotatable bonds is 2. The number of hydrogen-bond acceptors (Lipinski definition) is 4. The van der Waals surface area contributed by atoms with Crippen LogP contribution in [0.2, 0.25) is 0 Å². The third kappa shape index (κ3) is 1.46. The molecule has 1 aliphatic rings. The zero-order valence-electron chi connectivity index (χ0n) is 6.71. The van der Waals surface area contributed by atoms with Gasteiger partial charge in [-0.15, -0.1) is 0 Å². The fourth-order valence-corrected chi connectivity index (χ4v) is 2.62. The van der Waals surface area contributed by atoms with Crippen molar-refractivity contribution in [3.63, 3.8) is 0 Å². The highest BCUT2D eigenvalue weighted by Crippen LogP contribution is 2.22. The molecule has 0 amide bonds. The van der Waals surface area contributed by atoms with E-state index in [4.69, 9.17) is 5.11 Å². The predicted octanol–water partition coefficient (Wildman–Crippen LogP) is -0.292. The number of sulfone groups is 1. The first kappa shape index (κ1) is 8.68. The highest BCUT2D eigenvalue weighted by Gasteiger charge is 2.46. The summed E-state index contributed by atoms with van der Waals surface area (Å²) in [7, 11) is -3.38. The molecule has 1 fully saturated rings. The van der Waals surface area contributed by atoms with Crippen LogP contribution >= 0.6 is 0 Å². The molecule has 1 heterocycles. The lowest BCUT2D eigenvalue weighted by molar-refractivity contribution is 0.270. The molecule has 0 saturated carbocycles. The molecular formula is C8H9NO3S. The van der Waals surface area contributed by atoms with Gasteiger partial charge in [-0.05, 0) is 12.1 Å². The molecule has 2 rings (SSSR count). The molecule has 0 bridgehead atoms. The van der Waals surface area contributed by atoms with Crippen LogP contribution in [0.1, 0.15) is 0 Å². The maximum Gasteiger partial charge on any atom is 0.198 e. The van der Waals surface area contributed by atoms with E-state index in [1.54, 1.807) is 18.2 Å².